The second-order valence-electron chi connectivity index (χ2n) is 7.68. The van der Waals surface area contributed by atoms with Crippen molar-refractivity contribution in [2.45, 2.75) is 12.1 Å². The normalized spacial score (nSPS) is 11.0. The molecule has 0 atom stereocenters. The van der Waals surface area contributed by atoms with Gasteiger partial charge in [-0.2, -0.15) is 5.10 Å². The SMILES string of the molecule is COc1ccc(-c2nnc(SCC(=O)N/N=C/c3ccc(OC)c(Br)c3)n2-c2ccc(C)cc2)cc1. The number of nitrogens with one attached hydrogen (secondary N) is 1. The van der Waals surface area contributed by atoms with Crippen molar-refractivity contribution >= 4 is 39.8 Å². The van der Waals surface area contributed by atoms with Crippen molar-refractivity contribution in [1.82, 2.24) is 20.2 Å². The van der Waals surface area contributed by atoms with Gasteiger partial charge in [-0.25, -0.2) is 5.43 Å². The van der Waals surface area contributed by atoms with Crippen LogP contribution in [0.5, 0.6) is 11.5 Å². The van der Waals surface area contributed by atoms with Gasteiger partial charge in [0.15, 0.2) is 11.0 Å². The molecule has 1 heterocycles. The number of carbonyl (C=O) groups excluding carboxylic acids is 1. The van der Waals surface area contributed by atoms with Crippen LogP contribution in [0, 0.1) is 6.92 Å². The van der Waals surface area contributed by atoms with Crippen LogP contribution in [-0.4, -0.2) is 46.9 Å². The Kier molecular flexibility index (Phi) is 8.40. The lowest BCUT2D eigenvalue weighted by molar-refractivity contribution is -0.118. The van der Waals surface area contributed by atoms with Crippen molar-refractivity contribution < 1.29 is 14.3 Å². The second kappa shape index (κ2) is 11.9. The van der Waals surface area contributed by atoms with E-state index in [1.165, 1.54) is 11.8 Å². The van der Waals surface area contributed by atoms with E-state index < -0.39 is 0 Å². The lowest BCUT2D eigenvalue weighted by Gasteiger charge is -2.11. The third kappa shape index (κ3) is 6.13. The van der Waals surface area contributed by atoms with Gasteiger partial charge >= 0.3 is 0 Å². The Labute approximate surface area is 221 Å². The van der Waals surface area contributed by atoms with E-state index in [9.17, 15) is 4.79 Å². The van der Waals surface area contributed by atoms with Crippen LogP contribution < -0.4 is 14.9 Å². The first kappa shape index (κ1) is 25.5. The van der Waals surface area contributed by atoms with Crippen molar-refractivity contribution in [3.05, 3.63) is 82.3 Å². The zero-order valence-corrected chi connectivity index (χ0v) is 22.3. The highest BCUT2D eigenvalue weighted by atomic mass is 79.9. The summed E-state index contributed by atoms with van der Waals surface area (Å²) in [6.07, 6.45) is 1.57. The van der Waals surface area contributed by atoms with Gasteiger partial charge in [0.05, 0.1) is 30.7 Å². The van der Waals surface area contributed by atoms with Gasteiger partial charge < -0.3 is 9.47 Å². The smallest absolute Gasteiger partial charge is 0.250 e. The fourth-order valence-electron chi connectivity index (χ4n) is 3.32. The highest BCUT2D eigenvalue weighted by Gasteiger charge is 2.17. The number of benzene rings is 3. The summed E-state index contributed by atoms with van der Waals surface area (Å²) in [4.78, 5) is 12.5. The number of carbonyl (C=O) groups is 1. The molecule has 4 rings (SSSR count). The molecule has 0 fully saturated rings. The van der Waals surface area contributed by atoms with Crippen molar-refractivity contribution in [3.8, 4) is 28.6 Å². The quantitative estimate of drug-likeness (QED) is 0.169. The number of rotatable bonds is 9. The number of aromatic nitrogens is 3. The minimum Gasteiger partial charge on any atom is -0.497 e. The van der Waals surface area contributed by atoms with Gasteiger partial charge in [-0.3, -0.25) is 9.36 Å². The Balaban J connectivity index is 1.49. The molecule has 0 unspecified atom stereocenters. The third-order valence-corrected chi connectivity index (χ3v) is 6.73. The molecule has 1 amide bonds. The predicted molar refractivity (Wildman–Crippen MR) is 145 cm³/mol. The van der Waals surface area contributed by atoms with E-state index in [2.05, 4.69) is 36.7 Å². The molecular weight excluding hydrogens is 542 g/mol. The molecule has 0 spiro atoms. The Morgan fingerprint density at radius 2 is 1.81 bits per heavy atom. The van der Waals surface area contributed by atoms with Crippen molar-refractivity contribution in [3.63, 3.8) is 0 Å². The monoisotopic (exact) mass is 565 g/mol. The summed E-state index contributed by atoms with van der Waals surface area (Å²) in [5, 5.41) is 13.4. The summed E-state index contributed by atoms with van der Waals surface area (Å²) in [6, 6.07) is 21.2. The molecular formula is C26H24BrN5O3S. The summed E-state index contributed by atoms with van der Waals surface area (Å²) >= 11 is 4.72. The van der Waals surface area contributed by atoms with Crippen LogP contribution >= 0.6 is 27.7 Å². The molecule has 10 heteroatoms. The molecule has 0 radical (unpaired) electrons. The molecule has 8 nitrogen and oxygen atoms in total. The van der Waals surface area contributed by atoms with Crippen LogP contribution in [-0.2, 0) is 4.79 Å². The van der Waals surface area contributed by atoms with E-state index in [1.54, 1.807) is 20.4 Å². The fourth-order valence-corrected chi connectivity index (χ4v) is 4.62. The zero-order chi connectivity index (χ0) is 25.5. The molecule has 0 aliphatic heterocycles. The van der Waals surface area contributed by atoms with Crippen LogP contribution in [0.4, 0.5) is 0 Å². The van der Waals surface area contributed by atoms with Crippen LogP contribution in [0.25, 0.3) is 17.1 Å². The summed E-state index contributed by atoms with van der Waals surface area (Å²) < 4.78 is 13.2. The number of thioether (sulfide) groups is 1. The Bertz CT molecular complexity index is 1370. The van der Waals surface area contributed by atoms with Crippen LogP contribution in [0.3, 0.4) is 0 Å². The number of ether oxygens (including phenoxy) is 2. The maximum absolute atomic E-state index is 12.5. The minimum absolute atomic E-state index is 0.121. The Morgan fingerprint density at radius 3 is 2.47 bits per heavy atom. The maximum Gasteiger partial charge on any atom is 0.250 e. The van der Waals surface area contributed by atoms with Gasteiger partial charge in [-0.15, -0.1) is 10.2 Å². The molecule has 0 aliphatic carbocycles. The van der Waals surface area contributed by atoms with Crippen LogP contribution in [0.2, 0.25) is 0 Å². The minimum atomic E-state index is -0.256. The lowest BCUT2D eigenvalue weighted by Crippen LogP contribution is -2.20. The fraction of sp³-hybridized carbons (Fsp3) is 0.154. The second-order valence-corrected chi connectivity index (χ2v) is 9.48. The number of hydrogen-bond donors (Lipinski definition) is 1. The molecule has 0 bridgehead atoms. The summed E-state index contributed by atoms with van der Waals surface area (Å²) in [5.74, 6) is 2.02. The maximum atomic E-state index is 12.5. The highest BCUT2D eigenvalue weighted by Crippen LogP contribution is 2.29. The average Bonchev–Trinajstić information content (AvgIpc) is 3.32. The molecule has 1 N–H and O–H groups in total. The number of amides is 1. The van der Waals surface area contributed by atoms with Gasteiger partial charge in [0.2, 0.25) is 0 Å². The van der Waals surface area contributed by atoms with E-state index in [4.69, 9.17) is 9.47 Å². The summed E-state index contributed by atoms with van der Waals surface area (Å²) in [5.41, 5.74) is 6.31. The first-order chi connectivity index (χ1) is 17.5. The molecule has 0 aliphatic rings. The average molecular weight is 566 g/mol. The number of nitrogens with zero attached hydrogens (tertiary/aromatic N) is 4. The number of hydrogen-bond acceptors (Lipinski definition) is 7. The first-order valence-electron chi connectivity index (χ1n) is 10.9. The highest BCUT2D eigenvalue weighted by molar-refractivity contribution is 9.10. The molecule has 36 heavy (non-hydrogen) atoms. The number of aryl methyl sites for hydroxylation is 1. The van der Waals surface area contributed by atoms with Gasteiger partial charge in [-0.05, 0) is 83.0 Å². The molecule has 1 aromatic heterocycles. The van der Waals surface area contributed by atoms with E-state index >= 15 is 0 Å². The third-order valence-electron chi connectivity index (χ3n) is 5.18. The molecule has 184 valence electrons. The van der Waals surface area contributed by atoms with Gasteiger partial charge in [-0.1, -0.05) is 29.5 Å². The van der Waals surface area contributed by atoms with Gasteiger partial charge in [0.25, 0.3) is 5.91 Å². The van der Waals surface area contributed by atoms with Gasteiger partial charge in [0.1, 0.15) is 11.5 Å². The Hall–Kier alpha value is -3.63. The summed E-state index contributed by atoms with van der Waals surface area (Å²) in [7, 11) is 3.23. The van der Waals surface area contributed by atoms with Crippen molar-refractivity contribution in [1.29, 1.82) is 0 Å². The van der Waals surface area contributed by atoms with Crippen LogP contribution in [0.15, 0.2) is 81.5 Å². The molecule has 0 saturated carbocycles. The van der Waals surface area contributed by atoms with E-state index in [-0.39, 0.29) is 11.7 Å². The van der Waals surface area contributed by atoms with Crippen molar-refractivity contribution in [2.24, 2.45) is 5.10 Å². The Morgan fingerprint density at radius 1 is 1.06 bits per heavy atom. The topological polar surface area (TPSA) is 90.6 Å². The first-order valence-corrected chi connectivity index (χ1v) is 12.7. The number of hydrazone groups is 1. The van der Waals surface area contributed by atoms with E-state index in [0.29, 0.717) is 11.0 Å². The van der Waals surface area contributed by atoms with Crippen molar-refractivity contribution in [2.75, 3.05) is 20.0 Å². The molecule has 4 aromatic rings. The van der Waals surface area contributed by atoms with Crippen LogP contribution in [0.1, 0.15) is 11.1 Å². The molecule has 0 saturated heterocycles. The lowest BCUT2D eigenvalue weighted by atomic mass is 10.2. The standard InChI is InChI=1S/C26H24BrN5O3S/c1-17-4-9-20(10-5-17)32-25(19-7-11-21(34-2)12-8-19)30-31-26(32)36-16-24(33)29-28-15-18-6-13-23(35-3)22(27)14-18/h4-15H,16H2,1-3H3,(H,29,33)/b28-15+. The number of methoxy groups -OCH3 is 2. The van der Waals surface area contributed by atoms with Gasteiger partial charge in [0, 0.05) is 11.3 Å². The summed E-state index contributed by atoms with van der Waals surface area (Å²) in [6.45, 7) is 2.03. The largest absolute Gasteiger partial charge is 0.497 e. The predicted octanol–water partition coefficient (Wildman–Crippen LogP) is 5.26. The zero-order valence-electron chi connectivity index (χ0n) is 19.9. The van der Waals surface area contributed by atoms with E-state index in [0.717, 1.165) is 38.3 Å². The molecule has 3 aromatic carbocycles. The number of halogens is 1. The van der Waals surface area contributed by atoms with E-state index in [1.807, 2.05) is 78.2 Å².